The zero-order chi connectivity index (χ0) is 14.7. The summed E-state index contributed by atoms with van der Waals surface area (Å²) in [7, 11) is 0. The molecule has 108 valence electrons. The van der Waals surface area contributed by atoms with Gasteiger partial charge >= 0.3 is 5.97 Å². The molecule has 1 N–H and O–H groups in total. The summed E-state index contributed by atoms with van der Waals surface area (Å²) >= 11 is 0. The zero-order valence-corrected chi connectivity index (χ0v) is 12.8. The Morgan fingerprint density at radius 3 is 1.39 bits per heavy atom. The van der Waals surface area contributed by atoms with Crippen LogP contribution in [0.5, 0.6) is 0 Å². The minimum atomic E-state index is -0.696. The number of carbonyl (C=O) groups is 2. The first-order chi connectivity index (χ1) is 8.15. The highest BCUT2D eigenvalue weighted by atomic mass is 16.4. The number of hydrogen-bond acceptors (Lipinski definition) is 2. The zero-order valence-electron chi connectivity index (χ0n) is 12.8. The monoisotopic (exact) mass is 258 g/mol. The highest BCUT2D eigenvalue weighted by molar-refractivity contribution is 5.78. The van der Waals surface area contributed by atoms with Gasteiger partial charge in [-0.15, -0.1) is 0 Å². The molecule has 0 rings (SSSR count). The second-order valence-electron chi connectivity index (χ2n) is 6.06. The van der Waals surface area contributed by atoms with E-state index < -0.39 is 5.97 Å². The summed E-state index contributed by atoms with van der Waals surface area (Å²) < 4.78 is 0. The lowest BCUT2D eigenvalue weighted by Gasteiger charge is -2.05. The molecule has 0 radical (unpaired) electrons. The van der Waals surface area contributed by atoms with Gasteiger partial charge in [0.05, 0.1) is 0 Å². The van der Waals surface area contributed by atoms with E-state index >= 15 is 0 Å². The van der Waals surface area contributed by atoms with E-state index in [0.717, 1.165) is 19.3 Å². The first-order valence-corrected chi connectivity index (χ1v) is 6.88. The first kappa shape index (κ1) is 19.5. The summed E-state index contributed by atoms with van der Waals surface area (Å²) in [6.45, 7) is 12.4. The molecule has 0 unspecified atom stereocenters. The number of carbonyl (C=O) groups excluding carboxylic acids is 1. The van der Waals surface area contributed by atoms with Gasteiger partial charge in [-0.25, -0.2) is 0 Å². The molecule has 0 atom stereocenters. The molecule has 0 saturated heterocycles. The van der Waals surface area contributed by atoms with Crippen molar-refractivity contribution in [1.29, 1.82) is 0 Å². The smallest absolute Gasteiger partial charge is 0.303 e. The van der Waals surface area contributed by atoms with Crippen LogP contribution in [0.1, 0.15) is 67.2 Å². The van der Waals surface area contributed by atoms with E-state index in [9.17, 15) is 9.59 Å². The summed E-state index contributed by atoms with van der Waals surface area (Å²) in [5.74, 6) is 1.26. The molecule has 0 aromatic rings. The molecule has 0 bridgehead atoms. The average molecular weight is 258 g/mol. The van der Waals surface area contributed by atoms with Crippen LogP contribution in [0.2, 0.25) is 0 Å². The minimum absolute atomic E-state index is 0.303. The van der Waals surface area contributed by atoms with Gasteiger partial charge in [-0.05, 0) is 24.2 Å². The molecule has 0 aromatic heterocycles. The lowest BCUT2D eigenvalue weighted by Crippen LogP contribution is -2.05. The van der Waals surface area contributed by atoms with Crippen LogP contribution in [0.25, 0.3) is 0 Å². The van der Waals surface area contributed by atoms with Crippen LogP contribution in [0.4, 0.5) is 0 Å². The topological polar surface area (TPSA) is 54.4 Å². The number of Topliss-reactive ketones (excluding diaryl/α,β-unsaturated/α-hetero) is 1. The molecule has 0 aliphatic heterocycles. The molecule has 18 heavy (non-hydrogen) atoms. The summed E-state index contributed by atoms with van der Waals surface area (Å²) in [5.41, 5.74) is 0. The second-order valence-corrected chi connectivity index (χ2v) is 6.06. The third-order valence-electron chi connectivity index (χ3n) is 2.21. The van der Waals surface area contributed by atoms with Crippen molar-refractivity contribution in [3.8, 4) is 0 Å². The normalized spacial score (nSPS) is 10.5. The van der Waals surface area contributed by atoms with Crippen LogP contribution in [-0.2, 0) is 9.59 Å². The molecule has 0 aliphatic carbocycles. The van der Waals surface area contributed by atoms with E-state index in [0.29, 0.717) is 30.0 Å². The summed E-state index contributed by atoms with van der Waals surface area (Å²) in [6.07, 6.45) is 2.59. The van der Waals surface area contributed by atoms with Crippen molar-refractivity contribution in [2.45, 2.75) is 67.2 Å². The SMILES string of the molecule is CC(C)CC(=O)CC(C)C.CC(C)CCC(=O)O. The van der Waals surface area contributed by atoms with Crippen LogP contribution in [0.15, 0.2) is 0 Å². The second kappa shape index (κ2) is 11.2. The van der Waals surface area contributed by atoms with Gasteiger partial charge in [-0.3, -0.25) is 9.59 Å². The van der Waals surface area contributed by atoms with Crippen molar-refractivity contribution in [3.63, 3.8) is 0 Å². The third kappa shape index (κ3) is 20.5. The quantitative estimate of drug-likeness (QED) is 0.746. The fourth-order valence-corrected chi connectivity index (χ4v) is 1.41. The average Bonchev–Trinajstić information content (AvgIpc) is 2.12. The molecular weight excluding hydrogens is 228 g/mol. The van der Waals surface area contributed by atoms with Crippen LogP contribution < -0.4 is 0 Å². The Balaban J connectivity index is 0. The molecule has 0 spiro atoms. The maximum atomic E-state index is 11.1. The molecule has 0 aromatic carbocycles. The summed E-state index contributed by atoms with van der Waals surface area (Å²) in [4.78, 5) is 21.0. The summed E-state index contributed by atoms with van der Waals surface area (Å²) in [6, 6.07) is 0. The number of ketones is 1. The third-order valence-corrected chi connectivity index (χ3v) is 2.21. The van der Waals surface area contributed by atoms with E-state index in [2.05, 4.69) is 27.7 Å². The Morgan fingerprint density at radius 2 is 1.22 bits per heavy atom. The predicted molar refractivity (Wildman–Crippen MR) is 75.6 cm³/mol. The van der Waals surface area contributed by atoms with E-state index in [1.165, 1.54) is 0 Å². The Kier molecular flexibility index (Phi) is 12.2. The number of hydrogen-bond donors (Lipinski definition) is 1. The van der Waals surface area contributed by atoms with E-state index in [1.54, 1.807) is 0 Å². The number of carboxylic acids is 1. The molecule has 0 heterocycles. The maximum absolute atomic E-state index is 11.1. The van der Waals surface area contributed by atoms with Crippen LogP contribution in [0, 0.1) is 17.8 Å². The van der Waals surface area contributed by atoms with Crippen LogP contribution in [-0.4, -0.2) is 16.9 Å². The lowest BCUT2D eigenvalue weighted by atomic mass is 10.00. The maximum Gasteiger partial charge on any atom is 0.303 e. The van der Waals surface area contributed by atoms with E-state index in [1.807, 2.05) is 13.8 Å². The standard InChI is InChI=1S/C9H18O.C6H12O2/c1-7(2)5-9(10)6-8(3)4;1-5(2)3-4-6(7)8/h7-8H,5-6H2,1-4H3;5H,3-4H2,1-2H3,(H,7,8). The van der Waals surface area contributed by atoms with Gasteiger partial charge in [0, 0.05) is 19.3 Å². The van der Waals surface area contributed by atoms with Gasteiger partial charge in [0.1, 0.15) is 5.78 Å². The van der Waals surface area contributed by atoms with Crippen LogP contribution in [0.3, 0.4) is 0 Å². The van der Waals surface area contributed by atoms with Crippen molar-refractivity contribution in [1.82, 2.24) is 0 Å². The van der Waals surface area contributed by atoms with Crippen LogP contribution >= 0.6 is 0 Å². The number of carboxylic acid groups (broad SMARTS) is 1. The minimum Gasteiger partial charge on any atom is -0.481 e. The number of aliphatic carboxylic acids is 1. The van der Waals surface area contributed by atoms with Gasteiger partial charge in [0.25, 0.3) is 0 Å². The van der Waals surface area contributed by atoms with Gasteiger partial charge in [0.15, 0.2) is 0 Å². The van der Waals surface area contributed by atoms with Gasteiger partial charge in [-0.2, -0.15) is 0 Å². The molecule has 3 nitrogen and oxygen atoms in total. The Hall–Kier alpha value is -0.860. The van der Waals surface area contributed by atoms with Crippen molar-refractivity contribution < 1.29 is 14.7 Å². The van der Waals surface area contributed by atoms with Crippen molar-refractivity contribution in [3.05, 3.63) is 0 Å². The first-order valence-electron chi connectivity index (χ1n) is 6.88. The predicted octanol–water partition coefficient (Wildman–Crippen LogP) is 4.15. The van der Waals surface area contributed by atoms with Gasteiger partial charge in [0.2, 0.25) is 0 Å². The van der Waals surface area contributed by atoms with Gasteiger partial charge < -0.3 is 5.11 Å². The van der Waals surface area contributed by atoms with Crippen molar-refractivity contribution in [2.24, 2.45) is 17.8 Å². The van der Waals surface area contributed by atoms with Crippen molar-refractivity contribution in [2.75, 3.05) is 0 Å². The lowest BCUT2D eigenvalue weighted by molar-refractivity contribution is -0.137. The molecular formula is C15H30O3. The molecule has 0 fully saturated rings. The summed E-state index contributed by atoms with van der Waals surface area (Å²) in [5, 5.41) is 8.16. The Labute approximate surface area is 112 Å². The Morgan fingerprint density at radius 1 is 0.833 bits per heavy atom. The molecule has 0 saturated carbocycles. The van der Waals surface area contributed by atoms with E-state index in [-0.39, 0.29) is 0 Å². The molecule has 3 heteroatoms. The fraction of sp³-hybridized carbons (Fsp3) is 0.867. The largest absolute Gasteiger partial charge is 0.481 e. The molecule has 0 aliphatic rings. The fourth-order valence-electron chi connectivity index (χ4n) is 1.41. The van der Waals surface area contributed by atoms with Gasteiger partial charge in [-0.1, -0.05) is 41.5 Å². The molecule has 0 amide bonds. The Bertz CT molecular complexity index is 218. The highest BCUT2D eigenvalue weighted by Crippen LogP contribution is 2.07. The highest BCUT2D eigenvalue weighted by Gasteiger charge is 2.06. The van der Waals surface area contributed by atoms with Crippen molar-refractivity contribution >= 4 is 11.8 Å². The number of rotatable bonds is 7. The van der Waals surface area contributed by atoms with E-state index in [4.69, 9.17) is 5.11 Å².